The fourth-order valence-corrected chi connectivity index (χ4v) is 9.60. The summed E-state index contributed by atoms with van der Waals surface area (Å²) in [5.41, 5.74) is 16.9. The zero-order chi connectivity index (χ0) is 37.2. The van der Waals surface area contributed by atoms with Crippen molar-refractivity contribution in [1.29, 1.82) is 0 Å². The van der Waals surface area contributed by atoms with Crippen molar-refractivity contribution in [2.24, 2.45) is 0 Å². The first-order valence-electron chi connectivity index (χ1n) is 19.5. The van der Waals surface area contributed by atoms with Crippen LogP contribution in [0.3, 0.4) is 0 Å². The Morgan fingerprint density at radius 2 is 1.32 bits per heavy atom. The van der Waals surface area contributed by atoms with Gasteiger partial charge >= 0.3 is 0 Å². The summed E-state index contributed by atoms with van der Waals surface area (Å²) in [5.74, 6) is 1.98. The van der Waals surface area contributed by atoms with Crippen molar-refractivity contribution in [3.63, 3.8) is 0 Å². The van der Waals surface area contributed by atoms with E-state index >= 15 is 0 Å². The van der Waals surface area contributed by atoms with Crippen molar-refractivity contribution >= 4 is 60.9 Å². The number of hydrogen-bond donors (Lipinski definition) is 0. The van der Waals surface area contributed by atoms with Gasteiger partial charge in [-0.15, -0.1) is 0 Å². The number of benzene rings is 7. The SMILES string of the molecule is C1=Cc2oc3cc(-n4c5ccccc5c5cc(-c6cccc(-c7nc(-c8ccccc8)c8oc9ccccc9c8n7)c6)ccc54)cc4c3c2C(C1)c1ccccc1-4. The van der Waals surface area contributed by atoms with Crippen LogP contribution in [0.1, 0.15) is 29.2 Å². The monoisotopic (exact) mass is 729 g/mol. The van der Waals surface area contributed by atoms with E-state index < -0.39 is 0 Å². The summed E-state index contributed by atoms with van der Waals surface area (Å²) < 4.78 is 15.4. The molecule has 2 aliphatic carbocycles. The third kappa shape index (κ3) is 4.39. The van der Waals surface area contributed by atoms with Gasteiger partial charge in [0, 0.05) is 50.2 Å². The highest BCUT2D eigenvalue weighted by molar-refractivity contribution is 6.12. The van der Waals surface area contributed by atoms with Gasteiger partial charge in [-0.3, -0.25) is 0 Å². The lowest BCUT2D eigenvalue weighted by Crippen LogP contribution is -2.10. The van der Waals surface area contributed by atoms with Crippen molar-refractivity contribution in [3.05, 3.63) is 181 Å². The molecule has 4 heterocycles. The van der Waals surface area contributed by atoms with Gasteiger partial charge in [-0.05, 0) is 82.8 Å². The molecule has 13 rings (SSSR count). The first-order valence-corrected chi connectivity index (χ1v) is 19.5. The van der Waals surface area contributed by atoms with E-state index in [9.17, 15) is 0 Å². The molecular weight excluding hydrogens is 699 g/mol. The fraction of sp³-hybridized carbons (Fsp3) is 0.0385. The quantitative estimate of drug-likeness (QED) is 0.181. The highest BCUT2D eigenvalue weighted by Crippen LogP contribution is 2.52. The summed E-state index contributed by atoms with van der Waals surface area (Å²) in [6.45, 7) is 0. The average molecular weight is 730 g/mol. The van der Waals surface area contributed by atoms with Gasteiger partial charge in [0.1, 0.15) is 28.1 Å². The average Bonchev–Trinajstić information content (AvgIpc) is 3.95. The van der Waals surface area contributed by atoms with Crippen LogP contribution < -0.4 is 0 Å². The van der Waals surface area contributed by atoms with Crippen LogP contribution in [0.2, 0.25) is 0 Å². The van der Waals surface area contributed by atoms with Crippen molar-refractivity contribution in [2.75, 3.05) is 0 Å². The van der Waals surface area contributed by atoms with E-state index in [1.165, 1.54) is 38.4 Å². The fourth-order valence-electron chi connectivity index (χ4n) is 9.60. The third-order valence-corrected chi connectivity index (χ3v) is 12.1. The van der Waals surface area contributed by atoms with Crippen molar-refractivity contribution in [3.8, 4) is 50.6 Å². The smallest absolute Gasteiger partial charge is 0.180 e. The molecule has 0 spiro atoms. The molecule has 7 aromatic carbocycles. The molecule has 2 aliphatic rings. The summed E-state index contributed by atoms with van der Waals surface area (Å²) in [6.07, 6.45) is 5.41. The molecule has 0 bridgehead atoms. The Kier molecular flexibility index (Phi) is 6.22. The van der Waals surface area contributed by atoms with Crippen LogP contribution in [-0.2, 0) is 0 Å². The molecule has 57 heavy (non-hydrogen) atoms. The van der Waals surface area contributed by atoms with Crippen LogP contribution >= 0.6 is 0 Å². The predicted molar refractivity (Wildman–Crippen MR) is 231 cm³/mol. The summed E-state index contributed by atoms with van der Waals surface area (Å²) >= 11 is 0. The van der Waals surface area contributed by atoms with Gasteiger partial charge in [-0.25, -0.2) is 9.97 Å². The largest absolute Gasteiger partial charge is 0.456 e. The van der Waals surface area contributed by atoms with Gasteiger partial charge in [-0.1, -0.05) is 115 Å². The number of furan rings is 2. The number of fused-ring (bicyclic) bond motifs is 9. The molecule has 266 valence electrons. The van der Waals surface area contributed by atoms with Gasteiger partial charge in [-0.2, -0.15) is 0 Å². The number of allylic oxidation sites excluding steroid dienone is 1. The minimum Gasteiger partial charge on any atom is -0.456 e. The Morgan fingerprint density at radius 3 is 2.26 bits per heavy atom. The van der Waals surface area contributed by atoms with E-state index in [1.807, 2.05) is 36.4 Å². The van der Waals surface area contributed by atoms with E-state index in [4.69, 9.17) is 18.8 Å². The van der Waals surface area contributed by atoms with Gasteiger partial charge in [0.25, 0.3) is 0 Å². The molecule has 0 saturated heterocycles. The first kappa shape index (κ1) is 30.8. The van der Waals surface area contributed by atoms with E-state index in [1.54, 1.807) is 0 Å². The summed E-state index contributed by atoms with van der Waals surface area (Å²) in [4.78, 5) is 10.3. The van der Waals surface area contributed by atoms with Crippen LogP contribution in [0.4, 0.5) is 0 Å². The molecule has 0 fully saturated rings. The number of rotatable bonds is 4. The minimum atomic E-state index is 0.330. The second-order valence-corrected chi connectivity index (χ2v) is 15.2. The van der Waals surface area contributed by atoms with Crippen molar-refractivity contribution in [1.82, 2.24) is 14.5 Å². The Labute approximate surface area is 326 Å². The number of para-hydroxylation sites is 2. The minimum absolute atomic E-state index is 0.330. The highest BCUT2D eigenvalue weighted by Gasteiger charge is 2.33. The van der Waals surface area contributed by atoms with Crippen molar-refractivity contribution < 1.29 is 8.83 Å². The third-order valence-electron chi connectivity index (χ3n) is 12.1. The Morgan fingerprint density at radius 1 is 0.544 bits per heavy atom. The number of aromatic nitrogens is 3. The zero-order valence-electron chi connectivity index (χ0n) is 30.6. The summed E-state index contributed by atoms with van der Waals surface area (Å²) in [5, 5.41) is 4.63. The molecular formula is C52H31N3O2. The lowest BCUT2D eigenvalue weighted by molar-refractivity contribution is 0.590. The molecule has 4 aromatic heterocycles. The highest BCUT2D eigenvalue weighted by atomic mass is 16.3. The molecule has 1 unspecified atom stereocenters. The lowest BCUT2D eigenvalue weighted by atomic mass is 9.75. The first-order chi connectivity index (χ1) is 28.2. The van der Waals surface area contributed by atoms with Gasteiger partial charge < -0.3 is 13.4 Å². The molecule has 11 aromatic rings. The van der Waals surface area contributed by atoms with Gasteiger partial charge in [0.2, 0.25) is 0 Å². The van der Waals surface area contributed by atoms with E-state index in [-0.39, 0.29) is 0 Å². The lowest BCUT2D eigenvalue weighted by Gasteiger charge is -2.27. The maximum atomic E-state index is 6.66. The van der Waals surface area contributed by atoms with Crippen LogP contribution in [-0.4, -0.2) is 14.5 Å². The summed E-state index contributed by atoms with van der Waals surface area (Å²) in [7, 11) is 0. The Balaban J connectivity index is 0.977. The topological polar surface area (TPSA) is 57.0 Å². The Hall–Kier alpha value is -7.50. The standard InChI is InChI=1S/C52H31N3O2/c1-2-12-30(13-3-1)49-51-50(39-19-7-9-22-44(39)57-51)54-52(53-49)33-15-10-14-31(26-33)32-24-25-43-40(27-32)37-18-6-8-21-42(37)55(43)34-28-41-36-17-5-4-16-35(36)38-20-11-23-45-47(38)48(41)46(29-34)56-45/h1-19,21-29,38H,20H2. The number of hydrogen-bond acceptors (Lipinski definition) is 4. The van der Waals surface area contributed by atoms with Crippen LogP contribution in [0, 0.1) is 0 Å². The second kappa shape index (κ2) is 11.5. The molecule has 0 amide bonds. The molecule has 1 atom stereocenters. The van der Waals surface area contributed by atoms with Crippen molar-refractivity contribution in [2.45, 2.75) is 12.3 Å². The normalized spacial score (nSPS) is 14.4. The number of nitrogens with zero attached hydrogens (tertiary/aromatic N) is 3. The molecule has 5 heteroatoms. The molecule has 0 N–H and O–H groups in total. The van der Waals surface area contributed by atoms with Crippen LogP contribution in [0.5, 0.6) is 0 Å². The second-order valence-electron chi connectivity index (χ2n) is 15.2. The predicted octanol–water partition coefficient (Wildman–Crippen LogP) is 13.7. The molecule has 5 nitrogen and oxygen atoms in total. The molecule has 0 aliphatic heterocycles. The molecule has 0 saturated carbocycles. The van der Waals surface area contributed by atoms with E-state index in [2.05, 4.69) is 138 Å². The van der Waals surface area contributed by atoms with Gasteiger partial charge in [0.05, 0.1) is 16.7 Å². The maximum absolute atomic E-state index is 6.66. The molecule has 0 radical (unpaired) electrons. The van der Waals surface area contributed by atoms with Crippen LogP contribution in [0.25, 0.3) is 112 Å². The summed E-state index contributed by atoms with van der Waals surface area (Å²) in [6, 6.07) is 55.9. The van der Waals surface area contributed by atoms with Crippen LogP contribution in [0.15, 0.2) is 173 Å². The van der Waals surface area contributed by atoms with Gasteiger partial charge in [0.15, 0.2) is 11.4 Å². The Bertz CT molecular complexity index is 3510. The maximum Gasteiger partial charge on any atom is 0.180 e. The zero-order valence-corrected chi connectivity index (χ0v) is 30.6. The van der Waals surface area contributed by atoms with E-state index in [0.29, 0.717) is 17.3 Å². The van der Waals surface area contributed by atoms with E-state index in [0.717, 1.165) is 78.9 Å².